The van der Waals surface area contributed by atoms with E-state index in [4.69, 9.17) is 16.3 Å². The van der Waals surface area contributed by atoms with Crippen LogP contribution in [0.3, 0.4) is 0 Å². The number of aromatic nitrogens is 1. The molecule has 0 aliphatic carbocycles. The van der Waals surface area contributed by atoms with E-state index in [9.17, 15) is 0 Å². The molecular formula is C11H18N4O. The molecule has 5 nitrogen and oxygen atoms in total. The summed E-state index contributed by atoms with van der Waals surface area (Å²) in [5.74, 6) is 6.55. The van der Waals surface area contributed by atoms with Crippen LogP contribution < -0.4 is 17.0 Å². The highest BCUT2D eigenvalue weighted by Gasteiger charge is 2.28. The zero-order chi connectivity index (χ0) is 11.5. The van der Waals surface area contributed by atoms with Crippen molar-refractivity contribution in [3.8, 4) is 0 Å². The Morgan fingerprint density at radius 3 is 3.00 bits per heavy atom. The van der Waals surface area contributed by atoms with Crippen LogP contribution in [0.15, 0.2) is 12.3 Å². The van der Waals surface area contributed by atoms with Crippen LogP contribution in [0.1, 0.15) is 23.6 Å². The van der Waals surface area contributed by atoms with Gasteiger partial charge in [-0.05, 0) is 25.0 Å². The van der Waals surface area contributed by atoms with E-state index in [1.165, 1.54) is 0 Å². The van der Waals surface area contributed by atoms with Gasteiger partial charge in [0.2, 0.25) is 0 Å². The molecule has 16 heavy (non-hydrogen) atoms. The van der Waals surface area contributed by atoms with Gasteiger partial charge < -0.3 is 10.5 Å². The van der Waals surface area contributed by atoms with Gasteiger partial charge in [-0.15, -0.1) is 0 Å². The number of aryl methyl sites for hydroxylation is 1. The highest BCUT2D eigenvalue weighted by atomic mass is 16.5. The summed E-state index contributed by atoms with van der Waals surface area (Å²) >= 11 is 0. The molecule has 5 N–H and O–H groups in total. The number of rotatable bonds is 3. The van der Waals surface area contributed by atoms with Gasteiger partial charge in [0.05, 0.1) is 12.6 Å². The Hall–Kier alpha value is -1.17. The minimum Gasteiger partial charge on any atom is -0.383 e. The summed E-state index contributed by atoms with van der Waals surface area (Å²) in [6.45, 7) is 3.54. The third-order valence-corrected chi connectivity index (χ3v) is 3.17. The first-order chi connectivity index (χ1) is 7.74. The maximum absolute atomic E-state index is 5.92. The lowest BCUT2D eigenvalue weighted by molar-refractivity contribution is 0.177. The van der Waals surface area contributed by atoms with E-state index in [0.717, 1.165) is 30.8 Å². The predicted molar refractivity (Wildman–Crippen MR) is 62.4 cm³/mol. The average Bonchev–Trinajstić information content (AvgIpc) is 2.77. The van der Waals surface area contributed by atoms with E-state index < -0.39 is 0 Å². The van der Waals surface area contributed by atoms with Crippen LogP contribution in [0.25, 0.3) is 0 Å². The molecule has 0 amide bonds. The standard InChI is InChI=1S/C11H18N4O/c1-7-2-4-14-11(12)9(7)10(15-13)8-3-5-16-6-8/h2,4,8,10,15H,3,5-6,13H2,1H3,(H2,12,14). The number of nitrogens with two attached hydrogens (primary N) is 2. The summed E-state index contributed by atoms with van der Waals surface area (Å²) in [6, 6.07) is 1.97. The Morgan fingerprint density at radius 2 is 2.44 bits per heavy atom. The minimum atomic E-state index is 0.0243. The highest BCUT2D eigenvalue weighted by Crippen LogP contribution is 2.32. The number of pyridine rings is 1. The molecule has 1 aliphatic heterocycles. The second-order valence-corrected chi connectivity index (χ2v) is 4.19. The lowest BCUT2D eigenvalue weighted by Crippen LogP contribution is -2.35. The Bertz CT molecular complexity index is 343. The number of hydrogen-bond acceptors (Lipinski definition) is 5. The largest absolute Gasteiger partial charge is 0.383 e. The fourth-order valence-electron chi connectivity index (χ4n) is 2.27. The van der Waals surface area contributed by atoms with Gasteiger partial charge >= 0.3 is 0 Å². The van der Waals surface area contributed by atoms with Crippen molar-refractivity contribution in [3.05, 3.63) is 23.4 Å². The van der Waals surface area contributed by atoms with Crippen LogP contribution in [0, 0.1) is 12.8 Å². The van der Waals surface area contributed by atoms with E-state index in [0.29, 0.717) is 11.7 Å². The van der Waals surface area contributed by atoms with Crippen molar-refractivity contribution in [2.24, 2.45) is 11.8 Å². The number of nitrogens with zero attached hydrogens (tertiary/aromatic N) is 1. The van der Waals surface area contributed by atoms with E-state index in [1.54, 1.807) is 6.20 Å². The van der Waals surface area contributed by atoms with Crippen molar-refractivity contribution in [1.29, 1.82) is 0 Å². The molecule has 2 rings (SSSR count). The molecule has 0 bridgehead atoms. The second kappa shape index (κ2) is 4.78. The summed E-state index contributed by atoms with van der Waals surface area (Å²) in [7, 11) is 0. The number of anilines is 1. The fraction of sp³-hybridized carbons (Fsp3) is 0.545. The first-order valence-electron chi connectivity index (χ1n) is 5.49. The molecule has 2 heterocycles. The Kier molecular flexibility index (Phi) is 3.38. The molecule has 0 saturated carbocycles. The summed E-state index contributed by atoms with van der Waals surface area (Å²) in [5, 5.41) is 0. The van der Waals surface area contributed by atoms with E-state index in [1.807, 2.05) is 13.0 Å². The molecule has 2 unspecified atom stereocenters. The fourth-order valence-corrected chi connectivity index (χ4v) is 2.27. The van der Waals surface area contributed by atoms with Gasteiger partial charge in [-0.3, -0.25) is 11.3 Å². The first-order valence-corrected chi connectivity index (χ1v) is 5.49. The number of hydrogen-bond donors (Lipinski definition) is 3. The third kappa shape index (κ3) is 2.02. The third-order valence-electron chi connectivity index (χ3n) is 3.17. The Labute approximate surface area is 95.1 Å². The van der Waals surface area contributed by atoms with Crippen LogP contribution >= 0.6 is 0 Å². The van der Waals surface area contributed by atoms with Crippen LogP contribution in [0.4, 0.5) is 5.82 Å². The number of ether oxygens (including phenoxy) is 1. The molecule has 1 saturated heterocycles. The second-order valence-electron chi connectivity index (χ2n) is 4.19. The van der Waals surface area contributed by atoms with E-state index in [-0.39, 0.29) is 6.04 Å². The van der Waals surface area contributed by atoms with Crippen LogP contribution in [0.5, 0.6) is 0 Å². The summed E-state index contributed by atoms with van der Waals surface area (Å²) in [4.78, 5) is 4.12. The highest BCUT2D eigenvalue weighted by molar-refractivity contribution is 5.46. The molecule has 1 aliphatic rings. The molecule has 0 aromatic carbocycles. The van der Waals surface area contributed by atoms with Gasteiger partial charge in [0.1, 0.15) is 5.82 Å². The summed E-state index contributed by atoms with van der Waals surface area (Å²) in [5.41, 5.74) is 10.9. The molecule has 0 radical (unpaired) electrons. The van der Waals surface area contributed by atoms with Crippen LogP contribution in [-0.4, -0.2) is 18.2 Å². The van der Waals surface area contributed by atoms with Crippen molar-refractivity contribution in [2.75, 3.05) is 18.9 Å². The van der Waals surface area contributed by atoms with Gasteiger partial charge in [-0.25, -0.2) is 4.98 Å². The van der Waals surface area contributed by atoms with Gasteiger partial charge in [0, 0.05) is 24.3 Å². The zero-order valence-corrected chi connectivity index (χ0v) is 9.44. The maximum atomic E-state index is 5.92. The van der Waals surface area contributed by atoms with Gasteiger partial charge in [0.25, 0.3) is 0 Å². The van der Waals surface area contributed by atoms with Crippen molar-refractivity contribution in [2.45, 2.75) is 19.4 Å². The first kappa shape index (κ1) is 11.3. The van der Waals surface area contributed by atoms with Crippen molar-refractivity contribution in [1.82, 2.24) is 10.4 Å². The van der Waals surface area contributed by atoms with Crippen molar-refractivity contribution >= 4 is 5.82 Å². The maximum Gasteiger partial charge on any atom is 0.128 e. The zero-order valence-electron chi connectivity index (χ0n) is 9.44. The number of hydrazine groups is 1. The molecule has 1 aromatic heterocycles. The van der Waals surface area contributed by atoms with Gasteiger partial charge in [-0.2, -0.15) is 0 Å². The number of nitrogen functional groups attached to an aromatic ring is 1. The smallest absolute Gasteiger partial charge is 0.128 e. The van der Waals surface area contributed by atoms with Gasteiger partial charge in [0.15, 0.2) is 0 Å². The lowest BCUT2D eigenvalue weighted by Gasteiger charge is -2.24. The summed E-state index contributed by atoms with van der Waals surface area (Å²) in [6.07, 6.45) is 2.72. The monoisotopic (exact) mass is 222 g/mol. The molecule has 1 fully saturated rings. The minimum absolute atomic E-state index is 0.0243. The predicted octanol–water partition coefficient (Wildman–Crippen LogP) is 0.513. The van der Waals surface area contributed by atoms with Gasteiger partial charge in [-0.1, -0.05) is 0 Å². The van der Waals surface area contributed by atoms with E-state index in [2.05, 4.69) is 10.4 Å². The molecule has 5 heteroatoms. The quantitative estimate of drug-likeness (QED) is 0.512. The van der Waals surface area contributed by atoms with Crippen molar-refractivity contribution < 1.29 is 4.74 Å². The topological polar surface area (TPSA) is 86.2 Å². The SMILES string of the molecule is Cc1ccnc(N)c1C(NN)C1CCOC1. The molecule has 0 spiro atoms. The van der Waals surface area contributed by atoms with Crippen molar-refractivity contribution in [3.63, 3.8) is 0 Å². The lowest BCUT2D eigenvalue weighted by atomic mass is 9.90. The molecule has 1 aromatic rings. The Morgan fingerprint density at radius 1 is 1.62 bits per heavy atom. The normalized spacial score (nSPS) is 22.2. The number of nitrogens with one attached hydrogen (secondary N) is 1. The van der Waals surface area contributed by atoms with E-state index >= 15 is 0 Å². The molecular weight excluding hydrogens is 204 g/mol. The van der Waals surface area contributed by atoms with Crippen LogP contribution in [-0.2, 0) is 4.74 Å². The van der Waals surface area contributed by atoms with Crippen LogP contribution in [0.2, 0.25) is 0 Å². The Balaban J connectivity index is 2.32. The molecule has 88 valence electrons. The average molecular weight is 222 g/mol. The molecule has 2 atom stereocenters. The summed E-state index contributed by atoms with van der Waals surface area (Å²) < 4.78 is 5.38.